The summed E-state index contributed by atoms with van der Waals surface area (Å²) < 4.78 is 6.59. The summed E-state index contributed by atoms with van der Waals surface area (Å²) in [6, 6.07) is 6.45. The van der Waals surface area contributed by atoms with Crippen LogP contribution in [0, 0.1) is 10.1 Å². The maximum absolute atomic E-state index is 11.8. The van der Waals surface area contributed by atoms with Crippen LogP contribution in [0.5, 0.6) is 0 Å². The van der Waals surface area contributed by atoms with Gasteiger partial charge in [0.25, 0.3) is 5.69 Å². The summed E-state index contributed by atoms with van der Waals surface area (Å²) in [5.41, 5.74) is 2.33. The van der Waals surface area contributed by atoms with E-state index in [1.165, 1.54) is 12.3 Å². The number of esters is 1. The fourth-order valence-corrected chi connectivity index (χ4v) is 2.35. The van der Waals surface area contributed by atoms with Gasteiger partial charge in [-0.3, -0.25) is 10.1 Å². The number of hydrogen-bond acceptors (Lipinski definition) is 5. The fourth-order valence-electron chi connectivity index (χ4n) is 2.35. The van der Waals surface area contributed by atoms with Crippen LogP contribution < -0.4 is 0 Å². The molecule has 0 spiro atoms. The van der Waals surface area contributed by atoms with Crippen molar-refractivity contribution in [3.8, 4) is 11.5 Å². The number of carbonyl (C=O) groups is 1. The number of nitrogens with one attached hydrogen (secondary N) is 1. The predicted octanol–water partition coefficient (Wildman–Crippen LogP) is 2.65. The molecule has 0 fully saturated rings. The Balaban J connectivity index is 2.03. The van der Waals surface area contributed by atoms with Crippen molar-refractivity contribution >= 4 is 22.7 Å². The summed E-state index contributed by atoms with van der Waals surface area (Å²) in [5.74, 6) is 0.0941. The first-order valence-corrected chi connectivity index (χ1v) is 6.97. The van der Waals surface area contributed by atoms with Gasteiger partial charge in [0, 0.05) is 13.1 Å². The van der Waals surface area contributed by atoms with Gasteiger partial charge in [-0.05, 0) is 25.1 Å². The van der Waals surface area contributed by atoms with Crippen molar-refractivity contribution in [2.75, 3.05) is 6.61 Å². The molecule has 1 aromatic carbocycles. The minimum absolute atomic E-state index is 0.00447. The van der Waals surface area contributed by atoms with Crippen molar-refractivity contribution in [2.24, 2.45) is 7.05 Å². The Morgan fingerprint density at radius 3 is 2.87 bits per heavy atom. The van der Waals surface area contributed by atoms with Crippen LogP contribution >= 0.6 is 0 Å². The van der Waals surface area contributed by atoms with Gasteiger partial charge in [0.15, 0.2) is 5.82 Å². The monoisotopic (exact) mass is 314 g/mol. The van der Waals surface area contributed by atoms with E-state index in [1.54, 1.807) is 36.7 Å². The Morgan fingerprint density at radius 2 is 2.22 bits per heavy atom. The molecule has 0 radical (unpaired) electrons. The third kappa shape index (κ3) is 2.66. The average molecular weight is 314 g/mol. The molecule has 0 amide bonds. The van der Waals surface area contributed by atoms with Crippen LogP contribution in [0.1, 0.15) is 17.3 Å². The van der Waals surface area contributed by atoms with E-state index in [0.717, 1.165) is 0 Å². The number of ether oxygens (including phenoxy) is 1. The molecule has 3 aromatic rings. The molecule has 0 unspecified atom stereocenters. The number of nitrogens with zero attached hydrogens (tertiary/aromatic N) is 3. The first-order valence-electron chi connectivity index (χ1n) is 6.97. The molecule has 2 heterocycles. The molecular formula is C15H14N4O4. The smallest absolute Gasteiger partial charge is 0.338 e. The Morgan fingerprint density at radius 1 is 1.43 bits per heavy atom. The van der Waals surface area contributed by atoms with E-state index in [9.17, 15) is 14.9 Å². The fraction of sp³-hybridized carbons (Fsp3) is 0.200. The molecule has 0 bridgehead atoms. The molecule has 2 aromatic heterocycles. The molecule has 1 N–H and O–H groups in total. The third-order valence-electron chi connectivity index (χ3n) is 3.44. The number of fused-ring (bicyclic) bond motifs is 1. The average Bonchev–Trinajstić information content (AvgIpc) is 3.09. The van der Waals surface area contributed by atoms with Crippen molar-refractivity contribution in [3.63, 3.8) is 0 Å². The second-order valence-electron chi connectivity index (χ2n) is 4.99. The van der Waals surface area contributed by atoms with Crippen molar-refractivity contribution in [1.29, 1.82) is 0 Å². The number of aryl methyl sites for hydroxylation is 1. The van der Waals surface area contributed by atoms with Crippen LogP contribution in [0.2, 0.25) is 0 Å². The molecule has 0 saturated heterocycles. The zero-order chi connectivity index (χ0) is 16.6. The second-order valence-corrected chi connectivity index (χ2v) is 4.99. The number of hydrogen-bond donors (Lipinski definition) is 1. The highest BCUT2D eigenvalue weighted by Crippen LogP contribution is 2.26. The lowest BCUT2D eigenvalue weighted by molar-refractivity contribution is -0.384. The summed E-state index contributed by atoms with van der Waals surface area (Å²) in [7, 11) is 1.71. The maximum Gasteiger partial charge on any atom is 0.338 e. The summed E-state index contributed by atoms with van der Waals surface area (Å²) in [6.45, 7) is 2.05. The van der Waals surface area contributed by atoms with Gasteiger partial charge in [0.2, 0.25) is 0 Å². The van der Waals surface area contributed by atoms with E-state index in [2.05, 4.69) is 9.97 Å². The summed E-state index contributed by atoms with van der Waals surface area (Å²) in [5, 5.41) is 10.9. The van der Waals surface area contributed by atoms with E-state index < -0.39 is 10.9 Å². The van der Waals surface area contributed by atoms with Crippen molar-refractivity contribution < 1.29 is 14.5 Å². The molecule has 23 heavy (non-hydrogen) atoms. The van der Waals surface area contributed by atoms with Crippen LogP contribution in [0.25, 0.3) is 22.6 Å². The molecular weight excluding hydrogens is 300 g/mol. The molecule has 0 saturated carbocycles. The number of carbonyl (C=O) groups excluding carboxylic acids is 1. The molecule has 118 valence electrons. The molecule has 0 atom stereocenters. The number of benzene rings is 1. The van der Waals surface area contributed by atoms with Gasteiger partial charge in [-0.25, -0.2) is 9.78 Å². The first-order chi connectivity index (χ1) is 11.0. The Labute approximate surface area is 130 Å². The van der Waals surface area contributed by atoms with E-state index in [0.29, 0.717) is 34.7 Å². The topological polar surface area (TPSA) is 103 Å². The van der Waals surface area contributed by atoms with E-state index in [-0.39, 0.29) is 5.69 Å². The van der Waals surface area contributed by atoms with Gasteiger partial charge >= 0.3 is 5.97 Å². The predicted molar refractivity (Wildman–Crippen MR) is 83.1 cm³/mol. The lowest BCUT2D eigenvalue weighted by atomic mass is 10.2. The number of rotatable bonds is 4. The number of H-pyrrole nitrogens is 1. The van der Waals surface area contributed by atoms with Gasteiger partial charge in [-0.2, -0.15) is 0 Å². The van der Waals surface area contributed by atoms with E-state index >= 15 is 0 Å². The SMILES string of the molecule is CCOC(=O)c1ccc2nc(-c3cc([N+](=O)[O-])cn3C)[nH]c2c1. The maximum atomic E-state index is 11.8. The van der Waals surface area contributed by atoms with Gasteiger partial charge < -0.3 is 14.3 Å². The lowest BCUT2D eigenvalue weighted by Crippen LogP contribution is -2.04. The second kappa shape index (κ2) is 5.56. The largest absolute Gasteiger partial charge is 0.462 e. The first kappa shape index (κ1) is 14.8. The standard InChI is InChI=1S/C15H14N4O4/c1-3-23-15(20)9-4-5-11-12(6-9)17-14(16-11)13-7-10(19(21)22)8-18(13)2/h4-8H,3H2,1-2H3,(H,16,17). The van der Waals surface area contributed by atoms with E-state index in [1.807, 2.05) is 0 Å². The van der Waals surface area contributed by atoms with Gasteiger partial charge in [0.1, 0.15) is 0 Å². The minimum Gasteiger partial charge on any atom is -0.462 e. The van der Waals surface area contributed by atoms with Crippen LogP contribution in [-0.2, 0) is 11.8 Å². The van der Waals surface area contributed by atoms with Crippen LogP contribution in [0.15, 0.2) is 30.5 Å². The molecule has 8 nitrogen and oxygen atoms in total. The lowest BCUT2D eigenvalue weighted by Gasteiger charge is -2.00. The van der Waals surface area contributed by atoms with Crippen LogP contribution in [0.4, 0.5) is 5.69 Å². The Kier molecular flexibility index (Phi) is 3.57. The minimum atomic E-state index is -0.453. The highest BCUT2D eigenvalue weighted by molar-refractivity contribution is 5.94. The molecule has 8 heteroatoms. The zero-order valence-corrected chi connectivity index (χ0v) is 12.6. The third-order valence-corrected chi connectivity index (χ3v) is 3.44. The van der Waals surface area contributed by atoms with E-state index in [4.69, 9.17) is 4.74 Å². The van der Waals surface area contributed by atoms with Gasteiger partial charge in [-0.15, -0.1) is 0 Å². The zero-order valence-electron chi connectivity index (χ0n) is 12.6. The number of nitro groups is 1. The highest BCUT2D eigenvalue weighted by atomic mass is 16.6. The molecule has 0 aliphatic rings. The molecule has 0 aliphatic heterocycles. The summed E-state index contributed by atoms with van der Waals surface area (Å²) in [4.78, 5) is 29.7. The van der Waals surface area contributed by atoms with Crippen LogP contribution in [0.3, 0.4) is 0 Å². The normalized spacial score (nSPS) is 10.9. The summed E-state index contributed by atoms with van der Waals surface area (Å²) in [6.07, 6.45) is 1.42. The van der Waals surface area contributed by atoms with Crippen molar-refractivity contribution in [3.05, 3.63) is 46.1 Å². The number of aromatic nitrogens is 3. The van der Waals surface area contributed by atoms with Crippen molar-refractivity contribution in [2.45, 2.75) is 6.92 Å². The van der Waals surface area contributed by atoms with Crippen molar-refractivity contribution in [1.82, 2.24) is 14.5 Å². The molecule has 0 aliphatic carbocycles. The number of aromatic amines is 1. The van der Waals surface area contributed by atoms with Gasteiger partial charge in [-0.1, -0.05) is 0 Å². The highest BCUT2D eigenvalue weighted by Gasteiger charge is 2.16. The molecule has 3 rings (SSSR count). The quantitative estimate of drug-likeness (QED) is 0.453. The number of imidazole rings is 1. The van der Waals surface area contributed by atoms with Gasteiger partial charge in [0.05, 0.1) is 40.0 Å². The van der Waals surface area contributed by atoms with Crippen LogP contribution in [-0.4, -0.2) is 32.0 Å². The Bertz CT molecular complexity index is 909. The Hall–Kier alpha value is -3.16. The summed E-state index contributed by atoms with van der Waals surface area (Å²) >= 11 is 0.